The van der Waals surface area contributed by atoms with Crippen molar-refractivity contribution < 1.29 is 13.6 Å². The highest BCUT2D eigenvalue weighted by Gasteiger charge is 2.17. The van der Waals surface area contributed by atoms with Crippen molar-refractivity contribution in [2.45, 2.75) is 13.0 Å². The molecule has 5 heteroatoms. The topological polar surface area (TPSA) is 55.1 Å². The summed E-state index contributed by atoms with van der Waals surface area (Å²) in [6.45, 7) is 1.86. The maximum atomic E-state index is 13.1. The third-order valence-electron chi connectivity index (χ3n) is 1.92. The minimum Gasteiger partial charge on any atom is -0.348 e. The molecule has 0 fully saturated rings. The second-order valence-corrected chi connectivity index (χ2v) is 3.21. The number of nitrogens with one attached hydrogen (secondary N) is 1. The Hall–Kier alpha value is -1.49. The number of nitrogens with two attached hydrogens (primary N) is 1. The van der Waals surface area contributed by atoms with Crippen LogP contribution in [-0.4, -0.2) is 18.5 Å². The lowest BCUT2D eigenvalue weighted by molar-refractivity contribution is 0.0933. The minimum atomic E-state index is -0.878. The zero-order valence-electron chi connectivity index (χ0n) is 8.26. The highest BCUT2D eigenvalue weighted by atomic mass is 19.1. The molecule has 82 valence electrons. The Labute approximate surface area is 86.3 Å². The van der Waals surface area contributed by atoms with Crippen molar-refractivity contribution in [1.29, 1.82) is 0 Å². The van der Waals surface area contributed by atoms with Crippen LogP contribution in [0.5, 0.6) is 0 Å². The molecule has 1 rings (SSSR count). The summed E-state index contributed by atoms with van der Waals surface area (Å²) in [4.78, 5) is 11.4. The van der Waals surface area contributed by atoms with Crippen molar-refractivity contribution >= 4 is 5.91 Å². The highest BCUT2D eigenvalue weighted by Crippen LogP contribution is 2.11. The molecular weight excluding hydrogens is 202 g/mol. The van der Waals surface area contributed by atoms with Crippen molar-refractivity contribution in [3.8, 4) is 0 Å². The fourth-order valence-corrected chi connectivity index (χ4v) is 1.07. The van der Waals surface area contributed by atoms with Crippen LogP contribution in [0.1, 0.15) is 17.3 Å². The number of benzene rings is 1. The molecule has 0 saturated heterocycles. The van der Waals surface area contributed by atoms with Gasteiger partial charge in [0.25, 0.3) is 5.91 Å². The highest BCUT2D eigenvalue weighted by molar-refractivity contribution is 5.94. The number of rotatable bonds is 3. The molecule has 0 aliphatic heterocycles. The average Bonchev–Trinajstić information content (AvgIpc) is 2.17. The lowest BCUT2D eigenvalue weighted by Gasteiger charge is -2.11. The van der Waals surface area contributed by atoms with Gasteiger partial charge < -0.3 is 11.1 Å². The summed E-state index contributed by atoms with van der Waals surface area (Å²) in [7, 11) is 0. The molecule has 0 aliphatic carbocycles. The second kappa shape index (κ2) is 4.84. The molecule has 0 aliphatic rings. The zero-order valence-corrected chi connectivity index (χ0v) is 8.26. The van der Waals surface area contributed by atoms with E-state index in [1.54, 1.807) is 6.92 Å². The van der Waals surface area contributed by atoms with Gasteiger partial charge in [0.2, 0.25) is 0 Å². The van der Waals surface area contributed by atoms with E-state index in [9.17, 15) is 13.6 Å². The van der Waals surface area contributed by atoms with E-state index >= 15 is 0 Å². The molecule has 3 N–H and O–H groups in total. The standard InChI is InChI=1S/C10H12F2N2O/c1-6(5-13)14-10(15)9-7(11)3-2-4-8(9)12/h2-4,6H,5,13H2,1H3,(H,14,15)/t6-/m1/s1. The van der Waals surface area contributed by atoms with E-state index in [0.717, 1.165) is 12.1 Å². The van der Waals surface area contributed by atoms with Gasteiger partial charge >= 0.3 is 0 Å². The summed E-state index contributed by atoms with van der Waals surface area (Å²) >= 11 is 0. The average molecular weight is 214 g/mol. The van der Waals surface area contributed by atoms with Crippen LogP contribution in [0.15, 0.2) is 18.2 Å². The number of hydrogen-bond acceptors (Lipinski definition) is 2. The van der Waals surface area contributed by atoms with Gasteiger partial charge in [0.15, 0.2) is 0 Å². The molecule has 0 saturated carbocycles. The van der Waals surface area contributed by atoms with Crippen molar-refractivity contribution in [2.75, 3.05) is 6.54 Å². The Morgan fingerprint density at radius 2 is 2.00 bits per heavy atom. The predicted molar refractivity (Wildman–Crippen MR) is 52.3 cm³/mol. The number of halogens is 2. The number of hydrogen-bond donors (Lipinski definition) is 2. The summed E-state index contributed by atoms with van der Waals surface area (Å²) in [5.74, 6) is -2.54. The van der Waals surface area contributed by atoms with Gasteiger partial charge in [0.05, 0.1) is 0 Å². The van der Waals surface area contributed by atoms with Crippen molar-refractivity contribution in [1.82, 2.24) is 5.32 Å². The first-order valence-corrected chi connectivity index (χ1v) is 4.51. The van der Waals surface area contributed by atoms with Gasteiger partial charge in [0, 0.05) is 12.6 Å². The molecule has 1 aromatic carbocycles. The van der Waals surface area contributed by atoms with E-state index < -0.39 is 23.1 Å². The van der Waals surface area contributed by atoms with Crippen LogP contribution >= 0.6 is 0 Å². The summed E-state index contributed by atoms with van der Waals surface area (Å²) in [5, 5.41) is 2.38. The summed E-state index contributed by atoms with van der Waals surface area (Å²) < 4.78 is 26.2. The molecule has 1 atom stereocenters. The lowest BCUT2D eigenvalue weighted by Crippen LogP contribution is -2.38. The maximum absolute atomic E-state index is 13.1. The predicted octanol–water partition coefficient (Wildman–Crippen LogP) is 1.04. The van der Waals surface area contributed by atoms with E-state index in [4.69, 9.17) is 5.73 Å². The third kappa shape index (κ3) is 2.73. The monoisotopic (exact) mass is 214 g/mol. The van der Waals surface area contributed by atoms with E-state index in [1.165, 1.54) is 6.07 Å². The number of carbonyl (C=O) groups excluding carboxylic acids is 1. The van der Waals surface area contributed by atoms with Crippen molar-refractivity contribution in [3.63, 3.8) is 0 Å². The Kier molecular flexibility index (Phi) is 3.74. The van der Waals surface area contributed by atoms with E-state index in [-0.39, 0.29) is 12.6 Å². The van der Waals surface area contributed by atoms with Gasteiger partial charge in [-0.25, -0.2) is 8.78 Å². The Morgan fingerprint density at radius 3 is 2.47 bits per heavy atom. The molecule has 0 spiro atoms. The van der Waals surface area contributed by atoms with E-state index in [0.29, 0.717) is 0 Å². The van der Waals surface area contributed by atoms with Gasteiger partial charge in [-0.1, -0.05) is 6.07 Å². The molecule has 15 heavy (non-hydrogen) atoms. The molecule has 1 aromatic rings. The third-order valence-corrected chi connectivity index (χ3v) is 1.92. The maximum Gasteiger partial charge on any atom is 0.257 e. The van der Waals surface area contributed by atoms with Crippen LogP contribution < -0.4 is 11.1 Å². The fraction of sp³-hybridized carbons (Fsp3) is 0.300. The van der Waals surface area contributed by atoms with Crippen LogP contribution in [-0.2, 0) is 0 Å². The van der Waals surface area contributed by atoms with Crippen LogP contribution in [0.3, 0.4) is 0 Å². The quantitative estimate of drug-likeness (QED) is 0.790. The second-order valence-electron chi connectivity index (χ2n) is 3.21. The Morgan fingerprint density at radius 1 is 1.47 bits per heavy atom. The Bertz CT molecular complexity index is 348. The van der Waals surface area contributed by atoms with Crippen LogP contribution in [0.2, 0.25) is 0 Å². The van der Waals surface area contributed by atoms with Crippen molar-refractivity contribution in [3.05, 3.63) is 35.4 Å². The van der Waals surface area contributed by atoms with Gasteiger partial charge in [-0.15, -0.1) is 0 Å². The molecule has 0 unspecified atom stereocenters. The number of amides is 1. The van der Waals surface area contributed by atoms with E-state index in [1.807, 2.05) is 0 Å². The summed E-state index contributed by atoms with van der Waals surface area (Å²) in [6, 6.07) is 2.95. The summed E-state index contributed by atoms with van der Waals surface area (Å²) in [5.41, 5.74) is 4.70. The first-order valence-electron chi connectivity index (χ1n) is 4.51. The first kappa shape index (κ1) is 11.6. The molecule has 3 nitrogen and oxygen atoms in total. The summed E-state index contributed by atoms with van der Waals surface area (Å²) in [6.07, 6.45) is 0. The molecule has 1 amide bonds. The molecule has 0 radical (unpaired) electrons. The minimum absolute atomic E-state index is 0.210. The number of carbonyl (C=O) groups is 1. The van der Waals surface area contributed by atoms with E-state index in [2.05, 4.69) is 5.32 Å². The zero-order chi connectivity index (χ0) is 11.4. The molecule has 0 heterocycles. The van der Waals surface area contributed by atoms with Crippen LogP contribution in [0.4, 0.5) is 8.78 Å². The molecule has 0 bridgehead atoms. The van der Waals surface area contributed by atoms with Crippen LogP contribution in [0, 0.1) is 11.6 Å². The molecular formula is C10H12F2N2O. The van der Waals surface area contributed by atoms with Gasteiger partial charge in [-0.2, -0.15) is 0 Å². The van der Waals surface area contributed by atoms with Crippen LogP contribution in [0.25, 0.3) is 0 Å². The first-order chi connectivity index (χ1) is 7.06. The Balaban J connectivity index is 2.91. The fourth-order valence-electron chi connectivity index (χ4n) is 1.07. The largest absolute Gasteiger partial charge is 0.348 e. The van der Waals surface area contributed by atoms with Crippen molar-refractivity contribution in [2.24, 2.45) is 5.73 Å². The van der Waals surface area contributed by atoms with Gasteiger partial charge in [-0.3, -0.25) is 4.79 Å². The lowest BCUT2D eigenvalue weighted by atomic mass is 10.1. The molecule has 0 aromatic heterocycles. The van der Waals surface area contributed by atoms with Gasteiger partial charge in [0.1, 0.15) is 17.2 Å². The SMILES string of the molecule is C[C@H](CN)NC(=O)c1c(F)cccc1F. The normalized spacial score (nSPS) is 12.3. The van der Waals surface area contributed by atoms with Gasteiger partial charge in [-0.05, 0) is 19.1 Å². The smallest absolute Gasteiger partial charge is 0.257 e.